The molecule has 2 nitrogen and oxygen atoms in total. The van der Waals surface area contributed by atoms with Gasteiger partial charge in [-0.2, -0.15) is 0 Å². The largest absolute Gasteiger partial charge is 0.457 e. The molecule has 2 aromatic carbocycles. The zero-order chi connectivity index (χ0) is 13.8. The summed E-state index contributed by atoms with van der Waals surface area (Å²) in [4.78, 5) is 2.24. The number of para-hydroxylation sites is 1. The summed E-state index contributed by atoms with van der Waals surface area (Å²) < 4.78 is 5.94. The van der Waals surface area contributed by atoms with E-state index in [0.717, 1.165) is 23.6 Å². The normalized spacial score (nSPS) is 10.3. The van der Waals surface area contributed by atoms with E-state index >= 15 is 0 Å². The first-order valence-corrected chi connectivity index (χ1v) is 6.67. The predicted molar refractivity (Wildman–Crippen MR) is 81.4 cm³/mol. The average Bonchev–Trinajstić information content (AvgIpc) is 2.43. The maximum absolute atomic E-state index is 5.94. The van der Waals surface area contributed by atoms with Crippen molar-refractivity contribution in [2.45, 2.75) is 20.8 Å². The minimum absolute atomic E-state index is 0.876. The lowest BCUT2D eigenvalue weighted by atomic mass is 10.1. The second kappa shape index (κ2) is 5.79. The summed E-state index contributed by atoms with van der Waals surface area (Å²) in [6, 6.07) is 14.2. The molecule has 0 bridgehead atoms. The Balaban J connectivity index is 2.31. The third-order valence-corrected chi connectivity index (χ3v) is 3.35. The summed E-state index contributed by atoms with van der Waals surface area (Å²) in [7, 11) is 2.11. The number of hydrogen-bond donors (Lipinski definition) is 0. The monoisotopic (exact) mass is 255 g/mol. The molecule has 2 heteroatoms. The Morgan fingerprint density at radius 2 is 1.68 bits per heavy atom. The van der Waals surface area contributed by atoms with Gasteiger partial charge in [-0.1, -0.05) is 18.2 Å². The van der Waals surface area contributed by atoms with Crippen LogP contribution in [0.3, 0.4) is 0 Å². The minimum Gasteiger partial charge on any atom is -0.457 e. The highest BCUT2D eigenvalue weighted by Gasteiger charge is 2.08. The second-order valence-electron chi connectivity index (χ2n) is 4.83. The maximum Gasteiger partial charge on any atom is 0.130 e. The van der Waals surface area contributed by atoms with E-state index in [1.165, 1.54) is 11.3 Å². The number of nitrogens with zero attached hydrogens (tertiary/aromatic N) is 1. The molecule has 0 aliphatic carbocycles. The molecule has 0 saturated carbocycles. The number of aryl methyl sites for hydroxylation is 2. The maximum atomic E-state index is 5.94. The smallest absolute Gasteiger partial charge is 0.130 e. The van der Waals surface area contributed by atoms with Gasteiger partial charge in [0.2, 0.25) is 0 Å². The van der Waals surface area contributed by atoms with Crippen molar-refractivity contribution in [2.24, 2.45) is 0 Å². The molecule has 2 rings (SSSR count). The van der Waals surface area contributed by atoms with Crippen LogP contribution in [0, 0.1) is 13.8 Å². The van der Waals surface area contributed by atoms with Crippen molar-refractivity contribution in [1.82, 2.24) is 0 Å². The predicted octanol–water partition coefficient (Wildman–Crippen LogP) is 4.55. The Labute approximate surface area is 115 Å². The Kier molecular flexibility index (Phi) is 4.10. The van der Waals surface area contributed by atoms with Gasteiger partial charge < -0.3 is 9.64 Å². The van der Waals surface area contributed by atoms with Crippen molar-refractivity contribution in [3.63, 3.8) is 0 Å². The third-order valence-electron chi connectivity index (χ3n) is 3.35. The molecule has 0 aliphatic heterocycles. The van der Waals surface area contributed by atoms with Crippen LogP contribution >= 0.6 is 0 Å². The zero-order valence-electron chi connectivity index (χ0n) is 12.1. The van der Waals surface area contributed by atoms with Crippen molar-refractivity contribution in [2.75, 3.05) is 18.5 Å². The average molecular weight is 255 g/mol. The lowest BCUT2D eigenvalue weighted by Gasteiger charge is -2.21. The quantitative estimate of drug-likeness (QED) is 0.794. The summed E-state index contributed by atoms with van der Waals surface area (Å²) in [5.41, 5.74) is 3.66. The third kappa shape index (κ3) is 3.08. The molecule has 0 fully saturated rings. The first-order chi connectivity index (χ1) is 9.11. The molecule has 0 N–H and O–H groups in total. The molecule has 0 aliphatic rings. The van der Waals surface area contributed by atoms with Crippen molar-refractivity contribution in [3.8, 4) is 11.5 Å². The summed E-state index contributed by atoms with van der Waals surface area (Å²) >= 11 is 0. The van der Waals surface area contributed by atoms with E-state index in [2.05, 4.69) is 44.9 Å². The first-order valence-electron chi connectivity index (χ1n) is 6.67. The fourth-order valence-corrected chi connectivity index (χ4v) is 2.08. The SMILES string of the molecule is CCN(C)c1cc(C)c(Oc2ccccc2)cc1C. The molecule has 0 saturated heterocycles. The lowest BCUT2D eigenvalue weighted by molar-refractivity contribution is 0.478. The minimum atomic E-state index is 0.876. The van der Waals surface area contributed by atoms with Crippen molar-refractivity contribution < 1.29 is 4.74 Å². The number of rotatable bonds is 4. The molecule has 0 spiro atoms. The van der Waals surface area contributed by atoms with Crippen LogP contribution in [0.5, 0.6) is 11.5 Å². The first kappa shape index (κ1) is 13.5. The van der Waals surface area contributed by atoms with E-state index in [9.17, 15) is 0 Å². The Bertz CT molecular complexity index is 549. The van der Waals surface area contributed by atoms with E-state index in [0.29, 0.717) is 0 Å². The van der Waals surface area contributed by atoms with Crippen LogP contribution in [-0.4, -0.2) is 13.6 Å². The summed E-state index contributed by atoms with van der Waals surface area (Å²) in [6.07, 6.45) is 0. The van der Waals surface area contributed by atoms with Crippen LogP contribution in [0.1, 0.15) is 18.1 Å². The zero-order valence-corrected chi connectivity index (χ0v) is 12.1. The fraction of sp³-hybridized carbons (Fsp3) is 0.294. The van der Waals surface area contributed by atoms with Gasteiger partial charge in [-0.3, -0.25) is 0 Å². The van der Waals surface area contributed by atoms with Gasteiger partial charge in [0.15, 0.2) is 0 Å². The molecule has 0 heterocycles. The van der Waals surface area contributed by atoms with Crippen LogP contribution in [0.25, 0.3) is 0 Å². The van der Waals surface area contributed by atoms with Gasteiger partial charge in [0.05, 0.1) is 0 Å². The summed E-state index contributed by atoms with van der Waals surface area (Å²) in [5, 5.41) is 0. The van der Waals surface area contributed by atoms with Gasteiger partial charge >= 0.3 is 0 Å². The molecule has 0 radical (unpaired) electrons. The Morgan fingerprint density at radius 3 is 2.32 bits per heavy atom. The van der Waals surface area contributed by atoms with Gasteiger partial charge in [-0.05, 0) is 56.2 Å². The highest BCUT2D eigenvalue weighted by Crippen LogP contribution is 2.31. The van der Waals surface area contributed by atoms with Gasteiger partial charge in [-0.25, -0.2) is 0 Å². The number of anilines is 1. The number of benzene rings is 2. The molecule has 0 amide bonds. The molecule has 0 aromatic heterocycles. The van der Waals surface area contributed by atoms with Crippen LogP contribution in [0.15, 0.2) is 42.5 Å². The summed E-state index contributed by atoms with van der Waals surface area (Å²) in [5.74, 6) is 1.80. The van der Waals surface area contributed by atoms with Gasteiger partial charge in [0.25, 0.3) is 0 Å². The summed E-state index contributed by atoms with van der Waals surface area (Å²) in [6.45, 7) is 7.37. The molecule has 0 unspecified atom stereocenters. The van der Waals surface area contributed by atoms with Crippen molar-refractivity contribution in [1.29, 1.82) is 0 Å². The van der Waals surface area contributed by atoms with Crippen LogP contribution in [-0.2, 0) is 0 Å². The van der Waals surface area contributed by atoms with Gasteiger partial charge in [-0.15, -0.1) is 0 Å². The molecular formula is C17H21NO. The molecular weight excluding hydrogens is 234 g/mol. The van der Waals surface area contributed by atoms with E-state index in [-0.39, 0.29) is 0 Å². The molecule has 2 aromatic rings. The van der Waals surface area contributed by atoms with Crippen LogP contribution in [0.2, 0.25) is 0 Å². The van der Waals surface area contributed by atoms with E-state index in [4.69, 9.17) is 4.74 Å². The van der Waals surface area contributed by atoms with Gasteiger partial charge in [0, 0.05) is 19.3 Å². The van der Waals surface area contributed by atoms with Crippen molar-refractivity contribution in [3.05, 3.63) is 53.6 Å². The Hall–Kier alpha value is -1.96. The molecule has 0 atom stereocenters. The Morgan fingerprint density at radius 1 is 1.00 bits per heavy atom. The second-order valence-corrected chi connectivity index (χ2v) is 4.83. The molecule has 19 heavy (non-hydrogen) atoms. The standard InChI is InChI=1S/C17H21NO/c1-5-18(4)16-11-14(3)17(12-13(16)2)19-15-9-7-6-8-10-15/h6-12H,5H2,1-4H3. The molecule has 100 valence electrons. The highest BCUT2D eigenvalue weighted by atomic mass is 16.5. The van der Waals surface area contributed by atoms with Crippen LogP contribution in [0.4, 0.5) is 5.69 Å². The number of ether oxygens (including phenoxy) is 1. The van der Waals surface area contributed by atoms with Crippen molar-refractivity contribution >= 4 is 5.69 Å². The van der Waals surface area contributed by atoms with Gasteiger partial charge in [0.1, 0.15) is 11.5 Å². The lowest BCUT2D eigenvalue weighted by Crippen LogP contribution is -2.17. The highest BCUT2D eigenvalue weighted by molar-refractivity contribution is 5.58. The topological polar surface area (TPSA) is 12.5 Å². The fourth-order valence-electron chi connectivity index (χ4n) is 2.08. The van der Waals surface area contributed by atoms with E-state index in [1.807, 2.05) is 30.3 Å². The van der Waals surface area contributed by atoms with Crippen LogP contribution < -0.4 is 9.64 Å². The van der Waals surface area contributed by atoms with E-state index < -0.39 is 0 Å². The van der Waals surface area contributed by atoms with E-state index in [1.54, 1.807) is 0 Å². The number of hydrogen-bond acceptors (Lipinski definition) is 2.